The lowest BCUT2D eigenvalue weighted by atomic mass is 10.1. The summed E-state index contributed by atoms with van der Waals surface area (Å²) in [4.78, 5) is 13.4. The van der Waals surface area contributed by atoms with E-state index in [1.165, 1.54) is 20.0 Å². The maximum atomic E-state index is 14.0. The Labute approximate surface area is 115 Å². The largest absolute Gasteiger partial charge is 0.399 e. The fourth-order valence-corrected chi connectivity index (χ4v) is 1.87. The lowest BCUT2D eigenvalue weighted by Crippen LogP contribution is -2.28. The Bertz CT molecular complexity index is 671. The van der Waals surface area contributed by atoms with Gasteiger partial charge in [-0.25, -0.2) is 8.78 Å². The van der Waals surface area contributed by atoms with Crippen molar-refractivity contribution in [3.8, 4) is 0 Å². The molecule has 2 N–H and O–H groups in total. The first-order chi connectivity index (χ1) is 9.41. The van der Waals surface area contributed by atoms with Gasteiger partial charge in [0.2, 0.25) is 0 Å². The highest BCUT2D eigenvalue weighted by Crippen LogP contribution is 2.22. The van der Waals surface area contributed by atoms with Crippen LogP contribution in [0.4, 0.5) is 20.2 Å². The van der Waals surface area contributed by atoms with E-state index in [1.54, 1.807) is 24.3 Å². The number of halogens is 2. The van der Waals surface area contributed by atoms with Gasteiger partial charge in [-0.1, -0.05) is 12.1 Å². The Kier molecular flexibility index (Phi) is 3.70. The molecule has 2 rings (SSSR count). The summed E-state index contributed by atoms with van der Waals surface area (Å²) in [5.74, 6) is -2.48. The highest BCUT2D eigenvalue weighted by atomic mass is 19.1. The number of carbonyl (C=O) groups excluding carboxylic acids is 1. The molecule has 3 nitrogen and oxygen atoms in total. The van der Waals surface area contributed by atoms with Gasteiger partial charge in [0.25, 0.3) is 5.91 Å². The number of carbonyl (C=O) groups is 1. The summed E-state index contributed by atoms with van der Waals surface area (Å²) in [6, 6.07) is 8.90. The summed E-state index contributed by atoms with van der Waals surface area (Å²) in [7, 11) is 1.44. The van der Waals surface area contributed by atoms with Crippen LogP contribution >= 0.6 is 0 Å². The molecule has 5 heteroatoms. The molecule has 20 heavy (non-hydrogen) atoms. The summed E-state index contributed by atoms with van der Waals surface area (Å²) in [5.41, 5.74) is 6.22. The fourth-order valence-electron chi connectivity index (χ4n) is 1.87. The minimum absolute atomic E-state index is 0.218. The van der Waals surface area contributed by atoms with E-state index in [2.05, 4.69) is 0 Å². The minimum Gasteiger partial charge on any atom is -0.399 e. The number of hydrogen-bond acceptors (Lipinski definition) is 2. The van der Waals surface area contributed by atoms with E-state index < -0.39 is 23.1 Å². The van der Waals surface area contributed by atoms with Gasteiger partial charge >= 0.3 is 0 Å². The van der Waals surface area contributed by atoms with Gasteiger partial charge in [0.05, 0.1) is 0 Å². The van der Waals surface area contributed by atoms with E-state index in [0.29, 0.717) is 11.4 Å². The van der Waals surface area contributed by atoms with Crippen LogP contribution in [0.3, 0.4) is 0 Å². The third-order valence-corrected chi connectivity index (χ3v) is 3.06. The Morgan fingerprint density at radius 2 is 1.90 bits per heavy atom. The van der Waals surface area contributed by atoms with Crippen molar-refractivity contribution in [2.24, 2.45) is 0 Å². The van der Waals surface area contributed by atoms with Gasteiger partial charge < -0.3 is 10.6 Å². The van der Waals surface area contributed by atoms with Crippen LogP contribution in [0.5, 0.6) is 0 Å². The van der Waals surface area contributed by atoms with Crippen molar-refractivity contribution in [1.82, 2.24) is 0 Å². The molecule has 0 saturated carbocycles. The summed E-state index contributed by atoms with van der Waals surface area (Å²) in [5, 5.41) is 0. The molecule has 1 amide bonds. The summed E-state index contributed by atoms with van der Waals surface area (Å²) in [6.45, 7) is 1.48. The molecule has 0 saturated heterocycles. The second kappa shape index (κ2) is 5.28. The van der Waals surface area contributed by atoms with Crippen molar-refractivity contribution in [1.29, 1.82) is 0 Å². The van der Waals surface area contributed by atoms with Crippen LogP contribution in [0.15, 0.2) is 36.4 Å². The van der Waals surface area contributed by atoms with Gasteiger partial charge in [-0.15, -0.1) is 0 Å². The Morgan fingerprint density at radius 3 is 2.55 bits per heavy atom. The standard InChI is InChI=1S/C15H14F2N2O/c1-9-6-7-12(16)13(14(9)17)15(20)19(2)11-5-3-4-10(18)8-11/h3-8H,18H2,1-2H3. The Balaban J connectivity index is 2.44. The van der Waals surface area contributed by atoms with Crippen LogP contribution in [-0.4, -0.2) is 13.0 Å². The molecular weight excluding hydrogens is 262 g/mol. The molecule has 0 radical (unpaired) electrons. The van der Waals surface area contributed by atoms with Crippen molar-refractivity contribution in [3.63, 3.8) is 0 Å². The van der Waals surface area contributed by atoms with Crippen LogP contribution < -0.4 is 10.6 Å². The van der Waals surface area contributed by atoms with Crippen molar-refractivity contribution >= 4 is 17.3 Å². The molecule has 0 aromatic heterocycles. The number of hydrogen-bond donors (Lipinski definition) is 1. The number of nitrogens with two attached hydrogens (primary N) is 1. The van der Waals surface area contributed by atoms with Gasteiger partial charge in [0, 0.05) is 18.4 Å². The number of anilines is 2. The third kappa shape index (κ3) is 2.47. The number of nitrogens with zero attached hydrogens (tertiary/aromatic N) is 1. The monoisotopic (exact) mass is 276 g/mol. The molecule has 0 aliphatic heterocycles. The van der Waals surface area contributed by atoms with Crippen molar-refractivity contribution in [2.75, 3.05) is 17.7 Å². The lowest BCUT2D eigenvalue weighted by molar-refractivity contribution is 0.0984. The quantitative estimate of drug-likeness (QED) is 0.856. The van der Waals surface area contributed by atoms with E-state index >= 15 is 0 Å². The first-order valence-electron chi connectivity index (χ1n) is 6.00. The normalized spacial score (nSPS) is 10.4. The van der Waals surface area contributed by atoms with Crippen molar-refractivity contribution in [2.45, 2.75) is 6.92 Å². The third-order valence-electron chi connectivity index (χ3n) is 3.06. The second-order valence-electron chi connectivity index (χ2n) is 4.51. The molecule has 0 heterocycles. The number of amides is 1. The van der Waals surface area contributed by atoms with Crippen LogP contribution in [0.1, 0.15) is 15.9 Å². The van der Waals surface area contributed by atoms with Crippen molar-refractivity contribution in [3.05, 3.63) is 59.2 Å². The molecule has 104 valence electrons. The van der Waals surface area contributed by atoms with Crippen LogP contribution in [0.25, 0.3) is 0 Å². The zero-order valence-electron chi connectivity index (χ0n) is 11.2. The van der Waals surface area contributed by atoms with Crippen LogP contribution in [0.2, 0.25) is 0 Å². The molecule has 0 aliphatic rings. The number of nitrogen functional groups attached to an aromatic ring is 1. The maximum absolute atomic E-state index is 14.0. The van der Waals surface area contributed by atoms with Gasteiger partial charge in [-0.2, -0.15) is 0 Å². The summed E-state index contributed by atoms with van der Waals surface area (Å²) < 4.78 is 27.7. The highest BCUT2D eigenvalue weighted by molar-refractivity contribution is 6.06. The van der Waals surface area contributed by atoms with Crippen molar-refractivity contribution < 1.29 is 13.6 Å². The first kappa shape index (κ1) is 14.0. The SMILES string of the molecule is Cc1ccc(F)c(C(=O)N(C)c2cccc(N)c2)c1F. The van der Waals surface area contributed by atoms with E-state index in [4.69, 9.17) is 5.73 Å². The summed E-state index contributed by atoms with van der Waals surface area (Å²) >= 11 is 0. The molecule has 0 fully saturated rings. The van der Waals surface area contributed by atoms with Gasteiger partial charge in [-0.3, -0.25) is 4.79 Å². The smallest absolute Gasteiger partial charge is 0.263 e. The van der Waals surface area contributed by atoms with E-state index in [-0.39, 0.29) is 5.56 Å². The maximum Gasteiger partial charge on any atom is 0.263 e. The zero-order chi connectivity index (χ0) is 14.9. The molecule has 0 atom stereocenters. The van der Waals surface area contributed by atoms with Gasteiger partial charge in [0.1, 0.15) is 17.2 Å². The Hall–Kier alpha value is -2.43. The molecule has 0 unspecified atom stereocenters. The highest BCUT2D eigenvalue weighted by Gasteiger charge is 2.23. The predicted octanol–water partition coefficient (Wildman–Crippen LogP) is 3.13. The van der Waals surface area contributed by atoms with E-state index in [1.807, 2.05) is 0 Å². The second-order valence-corrected chi connectivity index (χ2v) is 4.51. The molecular formula is C15H14F2N2O. The Morgan fingerprint density at radius 1 is 1.20 bits per heavy atom. The molecule has 2 aromatic carbocycles. The number of rotatable bonds is 2. The predicted molar refractivity (Wildman–Crippen MR) is 74.7 cm³/mol. The average Bonchev–Trinajstić information content (AvgIpc) is 2.42. The minimum atomic E-state index is -0.881. The number of benzene rings is 2. The molecule has 2 aromatic rings. The van der Waals surface area contributed by atoms with E-state index in [9.17, 15) is 13.6 Å². The fraction of sp³-hybridized carbons (Fsp3) is 0.133. The molecule has 0 spiro atoms. The number of aryl methyl sites for hydroxylation is 1. The first-order valence-corrected chi connectivity index (χ1v) is 6.00. The molecule has 0 aliphatic carbocycles. The van der Waals surface area contributed by atoms with Gasteiger partial charge in [-0.05, 0) is 36.8 Å². The van der Waals surface area contributed by atoms with Crippen LogP contribution in [0, 0.1) is 18.6 Å². The average molecular weight is 276 g/mol. The van der Waals surface area contributed by atoms with Crippen LogP contribution in [-0.2, 0) is 0 Å². The topological polar surface area (TPSA) is 46.3 Å². The van der Waals surface area contributed by atoms with Gasteiger partial charge in [0.15, 0.2) is 0 Å². The zero-order valence-corrected chi connectivity index (χ0v) is 11.2. The lowest BCUT2D eigenvalue weighted by Gasteiger charge is -2.19. The van der Waals surface area contributed by atoms with E-state index in [0.717, 1.165) is 11.0 Å². The summed E-state index contributed by atoms with van der Waals surface area (Å²) in [6.07, 6.45) is 0. The molecule has 0 bridgehead atoms.